The Kier molecular flexibility index (Phi) is 7.52. The summed E-state index contributed by atoms with van der Waals surface area (Å²) in [5, 5.41) is 3.60. The van der Waals surface area contributed by atoms with E-state index in [4.69, 9.17) is 27.9 Å². The lowest BCUT2D eigenvalue weighted by Gasteiger charge is -2.31. The van der Waals surface area contributed by atoms with Gasteiger partial charge in [-0.1, -0.05) is 43.1 Å². The van der Waals surface area contributed by atoms with Crippen LogP contribution in [0.15, 0.2) is 41.3 Å². The molecular weight excluding hydrogens is 459 g/mol. The molecule has 1 saturated heterocycles. The molecule has 1 heterocycles. The van der Waals surface area contributed by atoms with Gasteiger partial charge in [0.05, 0.1) is 23.7 Å². The highest BCUT2D eigenvalue weighted by Gasteiger charge is 2.35. The summed E-state index contributed by atoms with van der Waals surface area (Å²) >= 11 is 12.1. The van der Waals surface area contributed by atoms with Gasteiger partial charge in [-0.3, -0.25) is 4.79 Å². The quantitative estimate of drug-likeness (QED) is 0.613. The Morgan fingerprint density at radius 2 is 1.94 bits per heavy atom. The zero-order valence-corrected chi connectivity index (χ0v) is 20.0. The maximum Gasteiger partial charge on any atom is 0.246 e. The molecule has 1 amide bonds. The molecule has 0 aliphatic carbocycles. The van der Waals surface area contributed by atoms with Gasteiger partial charge in [-0.25, -0.2) is 8.42 Å². The Hall–Kier alpha value is -1.80. The van der Waals surface area contributed by atoms with Crippen LogP contribution in [-0.4, -0.2) is 38.8 Å². The number of nitrogens with zero attached hydrogens (tertiary/aromatic N) is 1. The molecule has 0 radical (unpaired) electrons. The summed E-state index contributed by atoms with van der Waals surface area (Å²) in [7, 11) is -2.38. The first kappa shape index (κ1) is 23.9. The SMILES string of the molecule is COc1ccc(C(C)C)cc1S(=O)(=O)N1CCC[C@@H](C(=O)Nc2cc(Cl)ccc2Cl)C1. The number of nitrogens with one attached hydrogen (secondary N) is 1. The van der Waals surface area contributed by atoms with Crippen molar-refractivity contribution in [3.63, 3.8) is 0 Å². The van der Waals surface area contributed by atoms with E-state index in [1.54, 1.807) is 30.3 Å². The van der Waals surface area contributed by atoms with E-state index in [2.05, 4.69) is 5.32 Å². The molecule has 3 rings (SSSR count). The number of carbonyl (C=O) groups excluding carboxylic acids is 1. The Balaban J connectivity index is 1.83. The minimum absolute atomic E-state index is 0.0847. The predicted molar refractivity (Wildman–Crippen MR) is 124 cm³/mol. The van der Waals surface area contributed by atoms with E-state index in [1.807, 2.05) is 19.9 Å². The number of piperidine rings is 1. The fraction of sp³-hybridized carbons (Fsp3) is 0.409. The summed E-state index contributed by atoms with van der Waals surface area (Å²) < 4.78 is 33.6. The highest BCUT2D eigenvalue weighted by molar-refractivity contribution is 7.89. The van der Waals surface area contributed by atoms with Crippen molar-refractivity contribution in [3.8, 4) is 5.75 Å². The molecule has 2 aromatic rings. The van der Waals surface area contributed by atoms with Gasteiger partial charge in [0.1, 0.15) is 10.6 Å². The second kappa shape index (κ2) is 9.77. The molecular formula is C22H26Cl2N2O4S. The minimum atomic E-state index is -3.83. The fourth-order valence-electron chi connectivity index (χ4n) is 3.60. The minimum Gasteiger partial charge on any atom is -0.495 e. The molecule has 0 saturated carbocycles. The molecule has 2 aromatic carbocycles. The lowest BCUT2D eigenvalue weighted by atomic mass is 9.98. The molecule has 1 N–H and O–H groups in total. The van der Waals surface area contributed by atoms with E-state index in [1.165, 1.54) is 11.4 Å². The van der Waals surface area contributed by atoms with E-state index in [-0.39, 0.29) is 23.3 Å². The van der Waals surface area contributed by atoms with Crippen LogP contribution in [0.25, 0.3) is 0 Å². The first-order valence-electron chi connectivity index (χ1n) is 10.1. The number of hydrogen-bond donors (Lipinski definition) is 1. The Morgan fingerprint density at radius 1 is 1.19 bits per heavy atom. The molecule has 9 heteroatoms. The first-order chi connectivity index (χ1) is 14.6. The maximum atomic E-state index is 13.4. The van der Waals surface area contributed by atoms with Crippen molar-refractivity contribution in [2.24, 2.45) is 5.92 Å². The van der Waals surface area contributed by atoms with Crippen molar-refractivity contribution in [2.75, 3.05) is 25.5 Å². The van der Waals surface area contributed by atoms with Gasteiger partial charge < -0.3 is 10.1 Å². The summed E-state index contributed by atoms with van der Waals surface area (Å²) in [6.07, 6.45) is 1.16. The van der Waals surface area contributed by atoms with Gasteiger partial charge >= 0.3 is 0 Å². The van der Waals surface area contributed by atoms with Gasteiger partial charge in [-0.05, 0) is 54.7 Å². The lowest BCUT2D eigenvalue weighted by Crippen LogP contribution is -2.43. The highest BCUT2D eigenvalue weighted by Crippen LogP contribution is 2.33. The number of carbonyl (C=O) groups is 1. The monoisotopic (exact) mass is 484 g/mol. The predicted octanol–water partition coefficient (Wildman–Crippen LogP) is 5.16. The topological polar surface area (TPSA) is 75.7 Å². The summed E-state index contributed by atoms with van der Waals surface area (Å²) in [5.41, 5.74) is 1.31. The molecule has 0 spiro atoms. The molecule has 1 aliphatic heterocycles. The summed E-state index contributed by atoms with van der Waals surface area (Å²) in [5.74, 6) is -0.325. The number of anilines is 1. The van der Waals surface area contributed by atoms with E-state index in [9.17, 15) is 13.2 Å². The Morgan fingerprint density at radius 3 is 2.61 bits per heavy atom. The maximum absolute atomic E-state index is 13.4. The lowest BCUT2D eigenvalue weighted by molar-refractivity contribution is -0.120. The van der Waals surface area contributed by atoms with E-state index in [0.717, 1.165) is 5.56 Å². The van der Waals surface area contributed by atoms with Crippen LogP contribution in [0, 0.1) is 5.92 Å². The van der Waals surface area contributed by atoms with Crippen LogP contribution in [0.4, 0.5) is 5.69 Å². The fourth-order valence-corrected chi connectivity index (χ4v) is 5.65. The molecule has 1 aliphatic rings. The Labute approximate surface area is 193 Å². The number of rotatable bonds is 6. The molecule has 6 nitrogen and oxygen atoms in total. The number of amides is 1. The smallest absolute Gasteiger partial charge is 0.246 e. The number of ether oxygens (including phenoxy) is 1. The van der Waals surface area contributed by atoms with E-state index in [0.29, 0.717) is 40.9 Å². The molecule has 0 unspecified atom stereocenters. The van der Waals surface area contributed by atoms with Crippen molar-refractivity contribution < 1.29 is 17.9 Å². The summed E-state index contributed by atoms with van der Waals surface area (Å²) in [6, 6.07) is 10.0. The second-order valence-electron chi connectivity index (χ2n) is 7.88. The summed E-state index contributed by atoms with van der Waals surface area (Å²) in [6.45, 7) is 4.43. The Bertz CT molecular complexity index is 1070. The number of benzene rings is 2. The normalized spacial score (nSPS) is 17.5. The standard InChI is InChI=1S/C22H26Cl2N2O4S/c1-14(2)15-6-9-20(30-3)21(11-15)31(28,29)26-10-4-5-16(13-26)22(27)25-19-12-17(23)7-8-18(19)24/h6-9,11-12,14,16H,4-5,10,13H2,1-3H3,(H,25,27)/t16-/m1/s1. The summed E-state index contributed by atoms with van der Waals surface area (Å²) in [4.78, 5) is 13.0. The molecule has 0 aromatic heterocycles. The van der Waals surface area contributed by atoms with Crippen molar-refractivity contribution in [1.82, 2.24) is 4.31 Å². The van der Waals surface area contributed by atoms with Gasteiger partial charge in [0.25, 0.3) is 0 Å². The molecule has 168 valence electrons. The highest BCUT2D eigenvalue weighted by atomic mass is 35.5. The van der Waals surface area contributed by atoms with Crippen molar-refractivity contribution >= 4 is 44.8 Å². The largest absolute Gasteiger partial charge is 0.495 e. The zero-order valence-electron chi connectivity index (χ0n) is 17.7. The average molecular weight is 485 g/mol. The van der Waals surface area contributed by atoms with Crippen molar-refractivity contribution in [2.45, 2.75) is 37.5 Å². The van der Waals surface area contributed by atoms with Gasteiger partial charge in [-0.2, -0.15) is 4.31 Å². The zero-order chi connectivity index (χ0) is 22.8. The number of hydrogen-bond acceptors (Lipinski definition) is 4. The third-order valence-corrected chi connectivity index (χ3v) is 7.86. The van der Waals surface area contributed by atoms with Crippen LogP contribution in [0.5, 0.6) is 5.75 Å². The van der Waals surface area contributed by atoms with Crippen LogP contribution in [0.2, 0.25) is 10.0 Å². The first-order valence-corrected chi connectivity index (χ1v) is 12.3. The number of halogens is 2. The molecule has 1 fully saturated rings. The van der Waals surface area contributed by atoms with Gasteiger partial charge in [0.2, 0.25) is 15.9 Å². The average Bonchev–Trinajstić information content (AvgIpc) is 2.75. The third-order valence-electron chi connectivity index (χ3n) is 5.41. The van der Waals surface area contributed by atoms with Crippen LogP contribution in [-0.2, 0) is 14.8 Å². The second-order valence-corrected chi connectivity index (χ2v) is 10.6. The number of sulfonamides is 1. The third kappa shape index (κ3) is 5.34. The number of methoxy groups -OCH3 is 1. The van der Waals surface area contributed by atoms with Crippen LogP contribution in [0.1, 0.15) is 38.2 Å². The van der Waals surface area contributed by atoms with Crippen molar-refractivity contribution in [1.29, 1.82) is 0 Å². The van der Waals surface area contributed by atoms with Crippen LogP contribution < -0.4 is 10.1 Å². The van der Waals surface area contributed by atoms with E-state index >= 15 is 0 Å². The van der Waals surface area contributed by atoms with Gasteiger partial charge in [0.15, 0.2) is 0 Å². The van der Waals surface area contributed by atoms with Gasteiger partial charge in [0, 0.05) is 18.1 Å². The van der Waals surface area contributed by atoms with Gasteiger partial charge in [-0.15, -0.1) is 0 Å². The van der Waals surface area contributed by atoms with Crippen molar-refractivity contribution in [3.05, 3.63) is 52.0 Å². The molecule has 1 atom stereocenters. The van der Waals surface area contributed by atoms with Crippen LogP contribution in [0.3, 0.4) is 0 Å². The molecule has 31 heavy (non-hydrogen) atoms. The molecule has 0 bridgehead atoms. The van der Waals surface area contributed by atoms with Crippen LogP contribution >= 0.6 is 23.2 Å². The van der Waals surface area contributed by atoms with E-state index < -0.39 is 15.9 Å².